The molecule has 1 aromatic carbocycles. The van der Waals surface area contributed by atoms with Gasteiger partial charge in [0.15, 0.2) is 0 Å². The average Bonchev–Trinajstić information content (AvgIpc) is 2.92. The number of hydrogen-bond donors (Lipinski definition) is 2. The lowest BCUT2D eigenvalue weighted by Crippen LogP contribution is -2.33. The van der Waals surface area contributed by atoms with Crippen molar-refractivity contribution in [3.63, 3.8) is 0 Å². The van der Waals surface area contributed by atoms with Crippen LogP contribution in [-0.4, -0.2) is 38.0 Å². The van der Waals surface area contributed by atoms with Gasteiger partial charge in [0.25, 0.3) is 0 Å². The number of nitrogens with one attached hydrogen (secondary N) is 2. The molecule has 1 heterocycles. The van der Waals surface area contributed by atoms with E-state index in [9.17, 15) is 18.0 Å². The molecule has 0 spiro atoms. The summed E-state index contributed by atoms with van der Waals surface area (Å²) in [6.07, 6.45) is 0. The van der Waals surface area contributed by atoms with Gasteiger partial charge in [-0.3, -0.25) is 4.79 Å². The molecule has 0 bridgehead atoms. The van der Waals surface area contributed by atoms with Crippen molar-refractivity contribution in [2.45, 2.75) is 39.1 Å². The molecule has 0 fully saturated rings. The molecule has 0 aliphatic carbocycles. The molecule has 0 saturated carbocycles. The van der Waals surface area contributed by atoms with Crippen molar-refractivity contribution < 1.29 is 22.7 Å². The number of carbonyl (C=O) groups excluding carboxylic acids is 2. The number of anilines is 1. The number of carbonyl (C=O) groups is 2. The number of hydrogen-bond acceptors (Lipinski definition) is 5. The van der Waals surface area contributed by atoms with Gasteiger partial charge >= 0.3 is 5.97 Å². The first kappa shape index (κ1) is 21.6. The van der Waals surface area contributed by atoms with Gasteiger partial charge in [0, 0.05) is 23.6 Å². The van der Waals surface area contributed by atoms with Gasteiger partial charge < -0.3 is 14.6 Å². The lowest BCUT2D eigenvalue weighted by Gasteiger charge is -2.10. The van der Waals surface area contributed by atoms with E-state index in [1.807, 2.05) is 6.92 Å². The minimum absolute atomic E-state index is 0.00262. The van der Waals surface area contributed by atoms with E-state index in [0.29, 0.717) is 23.6 Å². The Morgan fingerprint density at radius 1 is 1.07 bits per heavy atom. The van der Waals surface area contributed by atoms with Gasteiger partial charge in [0.1, 0.15) is 10.5 Å². The largest absolute Gasteiger partial charge is 0.462 e. The van der Waals surface area contributed by atoms with E-state index < -0.39 is 28.4 Å². The minimum atomic E-state index is -4.12. The van der Waals surface area contributed by atoms with Gasteiger partial charge in [0.2, 0.25) is 15.9 Å². The van der Waals surface area contributed by atoms with Crippen LogP contribution in [0.1, 0.15) is 35.6 Å². The fraction of sp³-hybridized carbons (Fsp3) is 0.368. The topological polar surface area (TPSA) is 106 Å². The Balaban J connectivity index is 2.29. The molecule has 2 N–H and O–H groups in total. The van der Waals surface area contributed by atoms with Gasteiger partial charge in [-0.25, -0.2) is 17.9 Å². The Morgan fingerprint density at radius 2 is 1.71 bits per heavy atom. The maximum absolute atomic E-state index is 12.9. The first-order valence-corrected chi connectivity index (χ1v) is 10.4. The molecule has 0 radical (unpaired) electrons. The van der Waals surface area contributed by atoms with Crippen LogP contribution in [0.5, 0.6) is 0 Å². The number of para-hydroxylation sites is 1. The summed E-state index contributed by atoms with van der Waals surface area (Å²) in [5.41, 5.74) is 1.48. The van der Waals surface area contributed by atoms with E-state index in [-0.39, 0.29) is 17.1 Å². The molecule has 2 aromatic rings. The molecule has 1 aromatic heterocycles. The van der Waals surface area contributed by atoms with Crippen LogP contribution in [0.25, 0.3) is 0 Å². The summed E-state index contributed by atoms with van der Waals surface area (Å²) in [6.45, 7) is 6.95. The van der Waals surface area contributed by atoms with E-state index in [1.54, 1.807) is 55.7 Å². The Morgan fingerprint density at radius 3 is 2.29 bits per heavy atom. The van der Waals surface area contributed by atoms with Crippen LogP contribution in [0.4, 0.5) is 5.69 Å². The number of benzene rings is 1. The smallest absolute Gasteiger partial charge is 0.341 e. The highest BCUT2D eigenvalue weighted by Crippen LogP contribution is 2.27. The molecule has 0 saturated heterocycles. The Labute approximate surface area is 164 Å². The van der Waals surface area contributed by atoms with Crippen molar-refractivity contribution in [3.05, 3.63) is 47.3 Å². The first-order chi connectivity index (χ1) is 13.2. The van der Waals surface area contributed by atoms with E-state index in [0.717, 1.165) is 0 Å². The van der Waals surface area contributed by atoms with E-state index in [2.05, 4.69) is 10.0 Å². The predicted molar refractivity (Wildman–Crippen MR) is 106 cm³/mol. The molecule has 0 aliphatic heterocycles. The van der Waals surface area contributed by atoms with Crippen molar-refractivity contribution in [1.29, 1.82) is 0 Å². The first-order valence-electron chi connectivity index (χ1n) is 8.94. The zero-order valence-corrected chi connectivity index (χ0v) is 17.2. The second kappa shape index (κ2) is 9.03. The van der Waals surface area contributed by atoms with Gasteiger partial charge in [-0.05, 0) is 39.8 Å². The summed E-state index contributed by atoms with van der Waals surface area (Å²) in [4.78, 5) is 24.3. The second-order valence-corrected chi connectivity index (χ2v) is 7.78. The number of sulfonamides is 1. The van der Waals surface area contributed by atoms with Gasteiger partial charge in [0.05, 0.1) is 13.2 Å². The molecule has 1 amide bonds. The maximum Gasteiger partial charge on any atom is 0.341 e. The lowest BCUT2D eigenvalue weighted by atomic mass is 10.2. The van der Waals surface area contributed by atoms with Crippen molar-refractivity contribution in [2.24, 2.45) is 0 Å². The maximum atomic E-state index is 12.9. The highest BCUT2D eigenvalue weighted by atomic mass is 32.2. The Bertz CT molecular complexity index is 965. The third-order valence-corrected chi connectivity index (χ3v) is 5.83. The Hall–Kier alpha value is -2.65. The highest BCUT2D eigenvalue weighted by molar-refractivity contribution is 7.89. The van der Waals surface area contributed by atoms with E-state index in [1.165, 1.54) is 0 Å². The van der Waals surface area contributed by atoms with Gasteiger partial charge in [-0.2, -0.15) is 0 Å². The zero-order valence-electron chi connectivity index (χ0n) is 16.4. The molecule has 28 heavy (non-hydrogen) atoms. The van der Waals surface area contributed by atoms with Crippen LogP contribution < -0.4 is 10.0 Å². The summed E-state index contributed by atoms with van der Waals surface area (Å²) in [5, 5.41) is 2.60. The number of amides is 1. The van der Waals surface area contributed by atoms with E-state index in [4.69, 9.17) is 4.74 Å². The number of rotatable bonds is 8. The average molecular weight is 407 g/mol. The van der Waals surface area contributed by atoms with Crippen LogP contribution in [0.15, 0.2) is 35.2 Å². The van der Waals surface area contributed by atoms with Crippen LogP contribution in [0, 0.1) is 13.8 Å². The summed E-state index contributed by atoms with van der Waals surface area (Å²) in [7, 11) is -4.12. The third kappa shape index (κ3) is 4.60. The van der Waals surface area contributed by atoms with Gasteiger partial charge in [-0.1, -0.05) is 18.2 Å². The highest BCUT2D eigenvalue weighted by Gasteiger charge is 2.32. The zero-order chi connectivity index (χ0) is 20.9. The molecular weight excluding hydrogens is 382 g/mol. The third-order valence-electron chi connectivity index (χ3n) is 4.27. The molecule has 8 nitrogen and oxygen atoms in total. The fourth-order valence-corrected chi connectivity index (χ4v) is 4.52. The number of esters is 1. The molecule has 2 rings (SSSR count). The Kier molecular flexibility index (Phi) is 6.98. The van der Waals surface area contributed by atoms with E-state index >= 15 is 0 Å². The normalized spacial score (nSPS) is 11.3. The molecule has 152 valence electrons. The van der Waals surface area contributed by atoms with Gasteiger partial charge in [-0.15, -0.1) is 0 Å². The second-order valence-electron chi connectivity index (χ2n) is 6.08. The molecule has 0 unspecified atom stereocenters. The standard InChI is InChI=1S/C19H25N3O5S/c1-5-22-13(3)17(19(24)27-6-2)18(14(22)4)28(25,26)20-12-16(23)21-15-10-8-7-9-11-15/h7-11,20H,5-6,12H2,1-4H3,(H,21,23). The van der Waals surface area contributed by atoms with Crippen molar-refractivity contribution in [2.75, 3.05) is 18.5 Å². The summed E-state index contributed by atoms with van der Waals surface area (Å²) < 4.78 is 34.9. The number of ether oxygens (including phenoxy) is 1. The van der Waals surface area contributed by atoms with Crippen molar-refractivity contribution >= 4 is 27.6 Å². The minimum Gasteiger partial charge on any atom is -0.462 e. The quantitative estimate of drug-likeness (QED) is 0.653. The predicted octanol–water partition coefficient (Wildman–Crippen LogP) is 2.22. The number of nitrogens with zero attached hydrogens (tertiary/aromatic N) is 1. The molecule has 0 atom stereocenters. The SMILES string of the molecule is CCOC(=O)c1c(S(=O)(=O)NCC(=O)Nc2ccccc2)c(C)n(CC)c1C. The summed E-state index contributed by atoms with van der Waals surface area (Å²) >= 11 is 0. The van der Waals surface area contributed by atoms with Crippen LogP contribution in [0.2, 0.25) is 0 Å². The van der Waals surface area contributed by atoms with Crippen LogP contribution >= 0.6 is 0 Å². The number of aromatic nitrogens is 1. The van der Waals surface area contributed by atoms with Crippen LogP contribution in [-0.2, 0) is 26.1 Å². The summed E-state index contributed by atoms with van der Waals surface area (Å²) in [6, 6.07) is 8.70. The fourth-order valence-electron chi connectivity index (χ4n) is 3.06. The van der Waals surface area contributed by atoms with Crippen molar-refractivity contribution in [3.8, 4) is 0 Å². The molecule has 9 heteroatoms. The molecular formula is C19H25N3O5S. The molecule has 0 aliphatic rings. The van der Waals surface area contributed by atoms with Crippen molar-refractivity contribution in [1.82, 2.24) is 9.29 Å². The lowest BCUT2D eigenvalue weighted by molar-refractivity contribution is -0.115. The van der Waals surface area contributed by atoms with Crippen LogP contribution in [0.3, 0.4) is 0 Å². The monoisotopic (exact) mass is 407 g/mol. The summed E-state index contributed by atoms with van der Waals surface area (Å²) in [5.74, 6) is -1.22.